The molecule has 0 bridgehead atoms. The van der Waals surface area contributed by atoms with Crippen molar-refractivity contribution < 1.29 is 19.1 Å². The molecule has 27 heavy (non-hydrogen) atoms. The number of nitrogens with zero attached hydrogens (tertiary/aromatic N) is 1. The summed E-state index contributed by atoms with van der Waals surface area (Å²) in [7, 11) is 0. The molecule has 0 unspecified atom stereocenters. The van der Waals surface area contributed by atoms with Gasteiger partial charge in [0, 0.05) is 10.6 Å². The number of carbonyl (C=O) groups is 2. The number of benzene rings is 2. The quantitative estimate of drug-likeness (QED) is 0.444. The maximum Gasteiger partial charge on any atom is 0.344 e. The van der Waals surface area contributed by atoms with Crippen molar-refractivity contribution in [2.24, 2.45) is 0 Å². The van der Waals surface area contributed by atoms with Crippen LogP contribution in [0.5, 0.6) is 5.75 Å². The number of anilines is 1. The Hall–Kier alpha value is -2.98. The molecule has 0 fully saturated rings. The highest BCUT2D eigenvalue weighted by atomic mass is 32.2. The van der Waals surface area contributed by atoms with E-state index in [4.69, 9.17) is 14.7 Å². The fourth-order valence-corrected chi connectivity index (χ4v) is 2.90. The smallest absolute Gasteiger partial charge is 0.344 e. The van der Waals surface area contributed by atoms with Gasteiger partial charge in [-0.05, 0) is 79.6 Å². The number of hydrogen-bond acceptors (Lipinski definition) is 6. The highest BCUT2D eigenvalue weighted by Crippen LogP contribution is 2.23. The zero-order valence-corrected chi connectivity index (χ0v) is 16.2. The van der Waals surface area contributed by atoms with E-state index in [0.717, 1.165) is 33.3 Å². The monoisotopic (exact) mass is 384 g/mol. The molecular formula is C20H20N2O4S. The average Bonchev–Trinajstić information content (AvgIpc) is 2.60. The molecule has 0 saturated carbocycles. The molecule has 0 radical (unpaired) electrons. The number of rotatable bonds is 7. The number of ether oxygens (including phenoxy) is 2. The lowest BCUT2D eigenvalue weighted by Gasteiger charge is -2.10. The van der Waals surface area contributed by atoms with Gasteiger partial charge in [-0.1, -0.05) is 6.07 Å². The van der Waals surface area contributed by atoms with Crippen molar-refractivity contribution >= 4 is 29.3 Å². The standard InChI is InChI=1S/C20H20N2O4S/c1-13-6-14(2)8-16(7-13)25-11-20(24)26-10-19(23)22-18-5-4-17(27-12-21)9-15(18)3/h4-9H,10-11H2,1-3H3,(H,22,23). The summed E-state index contributed by atoms with van der Waals surface area (Å²) in [5, 5.41) is 13.3. The number of thiocyanates is 1. The van der Waals surface area contributed by atoms with Crippen LogP contribution in [-0.2, 0) is 14.3 Å². The minimum absolute atomic E-state index is 0.269. The molecule has 7 heteroatoms. The van der Waals surface area contributed by atoms with Crippen molar-refractivity contribution in [3.05, 3.63) is 53.1 Å². The molecule has 0 atom stereocenters. The lowest BCUT2D eigenvalue weighted by Crippen LogP contribution is -2.24. The second-order valence-corrected chi connectivity index (χ2v) is 6.85. The topological polar surface area (TPSA) is 88.4 Å². The highest BCUT2D eigenvalue weighted by Gasteiger charge is 2.10. The molecule has 2 aromatic rings. The zero-order chi connectivity index (χ0) is 19.8. The van der Waals surface area contributed by atoms with Gasteiger partial charge < -0.3 is 14.8 Å². The van der Waals surface area contributed by atoms with Crippen LogP contribution in [-0.4, -0.2) is 25.1 Å². The molecule has 0 spiro atoms. The van der Waals surface area contributed by atoms with Crippen molar-refractivity contribution in [3.63, 3.8) is 0 Å². The van der Waals surface area contributed by atoms with Crippen LogP contribution in [0.4, 0.5) is 5.69 Å². The summed E-state index contributed by atoms with van der Waals surface area (Å²) in [4.78, 5) is 24.5. The number of thioether (sulfide) groups is 1. The van der Waals surface area contributed by atoms with Gasteiger partial charge in [-0.25, -0.2) is 4.79 Å². The summed E-state index contributed by atoms with van der Waals surface area (Å²) in [5.41, 5.74) is 3.48. The summed E-state index contributed by atoms with van der Waals surface area (Å²) in [6.45, 7) is 5.03. The minimum Gasteiger partial charge on any atom is -0.482 e. The van der Waals surface area contributed by atoms with E-state index in [9.17, 15) is 9.59 Å². The van der Waals surface area contributed by atoms with Gasteiger partial charge in [0.1, 0.15) is 11.2 Å². The van der Waals surface area contributed by atoms with Gasteiger partial charge in [-0.15, -0.1) is 0 Å². The van der Waals surface area contributed by atoms with Gasteiger partial charge in [-0.2, -0.15) is 5.26 Å². The second kappa shape index (κ2) is 9.64. The first kappa shape index (κ1) is 20.3. The molecule has 0 aliphatic carbocycles. The molecule has 1 N–H and O–H groups in total. The number of carbonyl (C=O) groups excluding carboxylic acids is 2. The van der Waals surface area contributed by atoms with Crippen LogP contribution >= 0.6 is 11.8 Å². The Balaban J connectivity index is 1.79. The maximum absolute atomic E-state index is 12.0. The van der Waals surface area contributed by atoms with E-state index >= 15 is 0 Å². The van der Waals surface area contributed by atoms with Gasteiger partial charge in [0.05, 0.1) is 0 Å². The molecular weight excluding hydrogens is 364 g/mol. The first-order valence-corrected chi connectivity index (χ1v) is 9.02. The van der Waals surface area contributed by atoms with Crippen LogP contribution in [0.3, 0.4) is 0 Å². The molecule has 0 aliphatic heterocycles. The van der Waals surface area contributed by atoms with E-state index in [0.29, 0.717) is 11.4 Å². The third kappa shape index (κ3) is 6.68. The first-order chi connectivity index (χ1) is 12.9. The summed E-state index contributed by atoms with van der Waals surface area (Å²) in [6.07, 6.45) is 0. The number of esters is 1. The van der Waals surface area contributed by atoms with Crippen LogP contribution in [0.25, 0.3) is 0 Å². The SMILES string of the molecule is Cc1cc(C)cc(OCC(=O)OCC(=O)Nc2ccc(SC#N)cc2C)c1. The number of amides is 1. The Kier molecular flexibility index (Phi) is 7.26. The molecule has 6 nitrogen and oxygen atoms in total. The molecule has 0 saturated heterocycles. The Morgan fingerprint density at radius 3 is 2.41 bits per heavy atom. The summed E-state index contributed by atoms with van der Waals surface area (Å²) in [5.74, 6) is -0.486. The van der Waals surface area contributed by atoms with Crippen LogP contribution in [0.15, 0.2) is 41.3 Å². The Bertz CT molecular complexity index is 870. The zero-order valence-electron chi connectivity index (χ0n) is 15.4. The third-order valence-corrected chi connectivity index (χ3v) is 4.13. The Labute approximate surface area is 162 Å². The summed E-state index contributed by atoms with van der Waals surface area (Å²) < 4.78 is 10.3. The molecule has 0 aliphatic rings. The van der Waals surface area contributed by atoms with E-state index < -0.39 is 18.5 Å². The van der Waals surface area contributed by atoms with Crippen molar-refractivity contribution in [1.29, 1.82) is 5.26 Å². The van der Waals surface area contributed by atoms with Crippen LogP contribution < -0.4 is 10.1 Å². The number of aryl methyl sites for hydroxylation is 3. The molecule has 1 amide bonds. The Morgan fingerprint density at radius 2 is 1.78 bits per heavy atom. The summed E-state index contributed by atoms with van der Waals surface area (Å²) >= 11 is 1.05. The van der Waals surface area contributed by atoms with Gasteiger partial charge in [0.25, 0.3) is 5.91 Å². The molecule has 0 aromatic heterocycles. The van der Waals surface area contributed by atoms with Gasteiger partial charge >= 0.3 is 5.97 Å². The van der Waals surface area contributed by atoms with E-state index in [1.807, 2.05) is 44.4 Å². The molecule has 140 valence electrons. The highest BCUT2D eigenvalue weighted by molar-refractivity contribution is 8.03. The van der Waals surface area contributed by atoms with Crippen molar-refractivity contribution in [2.45, 2.75) is 25.7 Å². The average molecular weight is 384 g/mol. The number of nitriles is 1. The van der Waals surface area contributed by atoms with Crippen molar-refractivity contribution in [2.75, 3.05) is 18.5 Å². The molecule has 2 rings (SSSR count). The first-order valence-electron chi connectivity index (χ1n) is 8.20. The normalized spacial score (nSPS) is 10.0. The Morgan fingerprint density at radius 1 is 1.07 bits per heavy atom. The van der Waals surface area contributed by atoms with Gasteiger partial charge in [0.15, 0.2) is 13.2 Å². The largest absolute Gasteiger partial charge is 0.482 e. The van der Waals surface area contributed by atoms with Crippen LogP contribution in [0.1, 0.15) is 16.7 Å². The van der Waals surface area contributed by atoms with Gasteiger partial charge in [-0.3, -0.25) is 4.79 Å². The van der Waals surface area contributed by atoms with Crippen molar-refractivity contribution in [1.82, 2.24) is 0 Å². The van der Waals surface area contributed by atoms with Gasteiger partial charge in [0.2, 0.25) is 0 Å². The lowest BCUT2D eigenvalue weighted by molar-refractivity contribution is -0.149. The number of nitrogens with one attached hydrogen (secondary N) is 1. The predicted molar refractivity (Wildman–Crippen MR) is 104 cm³/mol. The fraction of sp³-hybridized carbons (Fsp3) is 0.250. The predicted octanol–water partition coefficient (Wildman–Crippen LogP) is 3.75. The maximum atomic E-state index is 12.0. The second-order valence-electron chi connectivity index (χ2n) is 5.99. The molecule has 2 aromatic carbocycles. The van der Waals surface area contributed by atoms with Crippen LogP contribution in [0, 0.1) is 31.4 Å². The van der Waals surface area contributed by atoms with E-state index in [1.54, 1.807) is 18.2 Å². The van der Waals surface area contributed by atoms with E-state index in [-0.39, 0.29) is 6.61 Å². The summed E-state index contributed by atoms with van der Waals surface area (Å²) in [6, 6.07) is 10.9. The van der Waals surface area contributed by atoms with Crippen LogP contribution in [0.2, 0.25) is 0 Å². The lowest BCUT2D eigenvalue weighted by atomic mass is 10.1. The van der Waals surface area contributed by atoms with Crippen molar-refractivity contribution in [3.8, 4) is 11.2 Å². The third-order valence-electron chi connectivity index (χ3n) is 3.55. The molecule has 0 heterocycles. The number of hydrogen-bond donors (Lipinski definition) is 1. The minimum atomic E-state index is -0.623. The fourth-order valence-electron chi connectivity index (χ4n) is 2.43. The van der Waals surface area contributed by atoms with E-state index in [1.165, 1.54) is 0 Å². The van der Waals surface area contributed by atoms with E-state index in [2.05, 4.69) is 5.32 Å².